The van der Waals surface area contributed by atoms with E-state index < -0.39 is 0 Å². The van der Waals surface area contributed by atoms with Crippen LogP contribution >= 0.6 is 34.4 Å². The van der Waals surface area contributed by atoms with Crippen LogP contribution in [0.5, 0.6) is 23.0 Å². The van der Waals surface area contributed by atoms with E-state index in [9.17, 15) is 0 Å². The fourth-order valence-electron chi connectivity index (χ4n) is 4.36. The quantitative estimate of drug-likeness (QED) is 0.271. The van der Waals surface area contributed by atoms with Crippen LogP contribution < -0.4 is 18.9 Å². The molecule has 0 unspecified atom stereocenters. The number of benzene rings is 1. The Bertz CT molecular complexity index is 1340. The second-order valence-electron chi connectivity index (χ2n) is 10.9. The van der Waals surface area contributed by atoms with E-state index in [0.29, 0.717) is 26.4 Å². The molecule has 1 aromatic carbocycles. The molecule has 6 rings (SSSR count). The minimum absolute atomic E-state index is 0.0484. The number of fused-ring (bicyclic) bond motifs is 3. The second kappa shape index (κ2) is 8.08. The molecule has 5 heterocycles. The molecule has 35 heavy (non-hydrogen) atoms. The van der Waals surface area contributed by atoms with Crippen LogP contribution in [0.4, 0.5) is 0 Å². The van der Waals surface area contributed by atoms with Crippen LogP contribution in [0.25, 0.3) is 31.9 Å². The molecule has 0 aliphatic carbocycles. The Balaban J connectivity index is 1.47. The summed E-state index contributed by atoms with van der Waals surface area (Å²) >= 11 is 4.61. The Morgan fingerprint density at radius 2 is 1.00 bits per heavy atom. The van der Waals surface area contributed by atoms with Gasteiger partial charge >= 0.3 is 0 Å². The van der Waals surface area contributed by atoms with Crippen LogP contribution in [-0.4, -0.2) is 35.2 Å². The van der Waals surface area contributed by atoms with Crippen LogP contribution in [0, 0.1) is 24.7 Å². The van der Waals surface area contributed by atoms with Gasteiger partial charge in [-0.3, -0.25) is 0 Å². The van der Waals surface area contributed by atoms with E-state index in [2.05, 4.69) is 53.7 Å². The first-order valence-corrected chi connectivity index (χ1v) is 14.0. The lowest BCUT2D eigenvalue weighted by Crippen LogP contribution is -2.26. The predicted molar refractivity (Wildman–Crippen MR) is 143 cm³/mol. The number of aromatic nitrogens is 2. The summed E-state index contributed by atoms with van der Waals surface area (Å²) in [4.78, 5) is 4.31. The molecule has 0 saturated heterocycles. The third-order valence-corrected chi connectivity index (χ3v) is 9.04. The van der Waals surface area contributed by atoms with Gasteiger partial charge in [-0.25, -0.2) is 0 Å². The topological polar surface area (TPSA) is 62.7 Å². The van der Waals surface area contributed by atoms with Crippen LogP contribution in [0.1, 0.15) is 37.4 Å². The maximum absolute atomic E-state index is 6.33. The van der Waals surface area contributed by atoms with Gasteiger partial charge in [0.05, 0.1) is 47.9 Å². The molecule has 0 saturated carbocycles. The van der Waals surface area contributed by atoms with Crippen molar-refractivity contribution >= 4 is 45.4 Å². The number of aryl methyl sites for hydroxylation is 2. The lowest BCUT2D eigenvalue weighted by Gasteiger charge is -2.20. The van der Waals surface area contributed by atoms with Crippen molar-refractivity contribution in [1.29, 1.82) is 0 Å². The smallest absolute Gasteiger partial charge is 0.180 e. The zero-order valence-electron chi connectivity index (χ0n) is 20.7. The van der Waals surface area contributed by atoms with Gasteiger partial charge in [0.25, 0.3) is 0 Å². The summed E-state index contributed by atoms with van der Waals surface area (Å²) < 4.78 is 34.5. The first-order chi connectivity index (χ1) is 16.6. The molecule has 2 aliphatic heterocycles. The summed E-state index contributed by atoms with van der Waals surface area (Å²) in [6, 6.07) is 4.26. The van der Waals surface area contributed by atoms with E-state index >= 15 is 0 Å². The largest absolute Gasteiger partial charge is 0.488 e. The first kappa shape index (κ1) is 23.1. The molecule has 6 nitrogen and oxygen atoms in total. The van der Waals surface area contributed by atoms with Crippen molar-refractivity contribution in [3.05, 3.63) is 21.9 Å². The number of rotatable bonds is 2. The van der Waals surface area contributed by atoms with Crippen molar-refractivity contribution in [2.75, 3.05) is 26.4 Å². The van der Waals surface area contributed by atoms with Crippen molar-refractivity contribution in [3.8, 4) is 43.9 Å². The third kappa shape index (κ3) is 3.88. The van der Waals surface area contributed by atoms with Gasteiger partial charge in [0, 0.05) is 31.7 Å². The standard InChI is InChI=1S/C26H28N2O4S3/c1-13-19-21(31-11-25(3,4)9-29-19)23(33-13)15-7-8-16(18-17(15)27-35-28-18)24-22-20(14(2)34-24)30-10-26(5,6)12-32-22/h7-8H,9-12H2,1-6H3. The van der Waals surface area contributed by atoms with Crippen molar-refractivity contribution in [1.82, 2.24) is 8.75 Å². The number of hydrogen-bond acceptors (Lipinski definition) is 9. The molecule has 2 aliphatic rings. The molecule has 0 amide bonds. The summed E-state index contributed by atoms with van der Waals surface area (Å²) in [5.74, 6) is 3.34. The average molecular weight is 529 g/mol. The highest BCUT2D eigenvalue weighted by molar-refractivity contribution is 7.17. The fraction of sp³-hybridized carbons (Fsp3) is 0.462. The molecule has 3 aromatic heterocycles. The maximum Gasteiger partial charge on any atom is 0.180 e. The van der Waals surface area contributed by atoms with Gasteiger partial charge < -0.3 is 18.9 Å². The van der Waals surface area contributed by atoms with E-state index in [4.69, 9.17) is 27.7 Å². The van der Waals surface area contributed by atoms with E-state index in [1.165, 1.54) is 11.7 Å². The van der Waals surface area contributed by atoms with Crippen LogP contribution in [0.3, 0.4) is 0 Å². The lowest BCUT2D eigenvalue weighted by atomic mass is 9.96. The summed E-state index contributed by atoms with van der Waals surface area (Å²) in [5.41, 5.74) is 3.69. The highest BCUT2D eigenvalue weighted by Crippen LogP contribution is 2.54. The molecule has 0 atom stereocenters. The summed E-state index contributed by atoms with van der Waals surface area (Å²) in [6.45, 7) is 15.3. The maximum atomic E-state index is 6.33. The highest BCUT2D eigenvalue weighted by Gasteiger charge is 2.33. The zero-order valence-corrected chi connectivity index (χ0v) is 23.2. The number of ether oxygens (including phenoxy) is 4. The lowest BCUT2D eigenvalue weighted by molar-refractivity contribution is 0.140. The van der Waals surface area contributed by atoms with Crippen molar-refractivity contribution in [2.45, 2.75) is 41.5 Å². The summed E-state index contributed by atoms with van der Waals surface area (Å²) in [5, 5.41) is 0. The van der Waals surface area contributed by atoms with Crippen molar-refractivity contribution in [2.24, 2.45) is 10.8 Å². The monoisotopic (exact) mass is 528 g/mol. The summed E-state index contributed by atoms with van der Waals surface area (Å²) in [6.07, 6.45) is 0. The van der Waals surface area contributed by atoms with Gasteiger partial charge in [-0.15, -0.1) is 22.7 Å². The average Bonchev–Trinajstić information content (AvgIpc) is 3.42. The van der Waals surface area contributed by atoms with Crippen molar-refractivity contribution < 1.29 is 18.9 Å². The molecule has 0 N–H and O–H groups in total. The van der Waals surface area contributed by atoms with Gasteiger partial charge in [0.15, 0.2) is 23.0 Å². The Labute approximate surface area is 217 Å². The Kier molecular flexibility index (Phi) is 5.32. The molecule has 0 radical (unpaired) electrons. The minimum Gasteiger partial charge on any atom is -0.488 e. The predicted octanol–water partition coefficient (Wildman–Crippen LogP) is 7.36. The van der Waals surface area contributed by atoms with Crippen LogP contribution in [-0.2, 0) is 0 Å². The number of hydrogen-bond donors (Lipinski definition) is 0. The van der Waals surface area contributed by atoms with Crippen LogP contribution in [0.2, 0.25) is 0 Å². The van der Waals surface area contributed by atoms with Gasteiger partial charge in [-0.05, 0) is 13.8 Å². The van der Waals surface area contributed by atoms with Crippen LogP contribution in [0.15, 0.2) is 12.1 Å². The number of nitrogens with zero attached hydrogens (tertiary/aromatic N) is 2. The molecule has 0 bridgehead atoms. The van der Waals surface area contributed by atoms with Crippen molar-refractivity contribution in [3.63, 3.8) is 0 Å². The van der Waals surface area contributed by atoms with Gasteiger partial charge in [0.1, 0.15) is 11.0 Å². The molecule has 184 valence electrons. The fourth-order valence-corrected chi connectivity index (χ4v) is 7.07. The molecule has 9 heteroatoms. The Morgan fingerprint density at radius 3 is 1.40 bits per heavy atom. The summed E-state index contributed by atoms with van der Waals surface area (Å²) in [7, 11) is 0. The first-order valence-electron chi connectivity index (χ1n) is 11.7. The van der Waals surface area contributed by atoms with Gasteiger partial charge in [-0.2, -0.15) is 8.75 Å². The second-order valence-corrected chi connectivity index (χ2v) is 13.9. The van der Waals surface area contributed by atoms with E-state index in [1.807, 2.05) is 0 Å². The number of thiophene rings is 2. The normalized spacial score (nSPS) is 18.3. The third-order valence-electron chi connectivity index (χ3n) is 6.31. The molecule has 0 fully saturated rings. The van der Waals surface area contributed by atoms with Gasteiger partial charge in [-0.1, -0.05) is 39.8 Å². The van der Waals surface area contributed by atoms with E-state index in [1.54, 1.807) is 22.7 Å². The Hall–Kier alpha value is -2.36. The van der Waals surface area contributed by atoms with E-state index in [-0.39, 0.29) is 10.8 Å². The zero-order chi connectivity index (χ0) is 24.5. The molecule has 0 spiro atoms. The minimum atomic E-state index is -0.0484. The Morgan fingerprint density at radius 1 is 0.629 bits per heavy atom. The molecular weight excluding hydrogens is 500 g/mol. The SMILES string of the molecule is Cc1sc(-c2ccc(-c3sc(C)c4c3OCC(C)(C)CO4)c3nsnc23)c2c1OCC(C)(C)CO2. The van der Waals surface area contributed by atoms with E-state index in [0.717, 1.165) is 64.7 Å². The molecule has 4 aromatic rings. The van der Waals surface area contributed by atoms with Gasteiger partial charge in [0.2, 0.25) is 0 Å². The molecular formula is C26H28N2O4S3. The highest BCUT2D eigenvalue weighted by atomic mass is 32.1.